The van der Waals surface area contributed by atoms with Crippen molar-refractivity contribution >= 4 is 11.9 Å². The molecule has 0 saturated heterocycles. The van der Waals surface area contributed by atoms with Crippen molar-refractivity contribution in [3.05, 3.63) is 60.4 Å². The van der Waals surface area contributed by atoms with Crippen LogP contribution in [-0.2, 0) is 9.59 Å². The molecule has 0 aliphatic rings. The molecule has 0 radical (unpaired) electrons. The van der Waals surface area contributed by atoms with Crippen molar-refractivity contribution in [3.8, 4) is 22.8 Å². The fourth-order valence-electron chi connectivity index (χ4n) is 3.73. The fraction of sp³-hybridized carbons (Fsp3) is 0.273. The largest absolute Gasteiger partial charge is 0.573 e. The molecule has 0 amide bonds. The van der Waals surface area contributed by atoms with Crippen LogP contribution in [0.4, 0.5) is 13.2 Å². The summed E-state index contributed by atoms with van der Waals surface area (Å²) in [6, 6.07) is 9.55. The number of benzene rings is 2. The molecule has 3 rings (SSSR count). The van der Waals surface area contributed by atoms with Gasteiger partial charge in [0, 0.05) is 17.5 Å². The zero-order valence-electron chi connectivity index (χ0n) is 18.5. The quantitative estimate of drug-likeness (QED) is 0.283. The number of alkyl halides is 3. The van der Waals surface area contributed by atoms with Crippen molar-refractivity contribution in [1.29, 1.82) is 0 Å². The van der Waals surface area contributed by atoms with Crippen LogP contribution in [0.2, 0.25) is 0 Å². The highest BCUT2D eigenvalue weighted by Gasteiger charge is 2.55. The van der Waals surface area contributed by atoms with Crippen molar-refractivity contribution < 1.29 is 47.9 Å². The maximum Gasteiger partial charge on any atom is 0.573 e. The second-order valence-corrected chi connectivity index (χ2v) is 7.88. The number of rotatable bonds is 9. The van der Waals surface area contributed by atoms with Gasteiger partial charge >= 0.3 is 18.3 Å². The number of nitrogens with two attached hydrogens (primary N) is 1. The minimum atomic E-state index is -4.82. The zero-order valence-corrected chi connectivity index (χ0v) is 18.5. The van der Waals surface area contributed by atoms with Gasteiger partial charge in [0.05, 0.1) is 5.69 Å². The predicted molar refractivity (Wildman–Crippen MR) is 116 cm³/mol. The maximum atomic E-state index is 12.3. The van der Waals surface area contributed by atoms with Crippen molar-refractivity contribution in [1.82, 2.24) is 14.8 Å². The standard InChI is InChI=1S/C22H21F3N4O7/c1-11(26)16(21(35,20(33)34)17(30)19(31)32)12-2-4-13(5-3-12)18-27-10-29(28-18)14-6-8-15(9-7-14)36-22(23,24)25/h2-11,16-17,30,35H,26H2,1H3,(H,31,32)(H,33,34)/t11?,16?,17-,21+/m0/s1. The third-order valence-corrected chi connectivity index (χ3v) is 5.35. The molecule has 0 spiro atoms. The number of halogens is 3. The van der Waals surface area contributed by atoms with Gasteiger partial charge in [-0.3, -0.25) is 0 Å². The van der Waals surface area contributed by atoms with Gasteiger partial charge in [-0.2, -0.15) is 0 Å². The smallest absolute Gasteiger partial charge is 0.479 e. The molecule has 0 aliphatic carbocycles. The summed E-state index contributed by atoms with van der Waals surface area (Å²) in [6.07, 6.45) is -6.16. The predicted octanol–water partition coefficient (Wildman–Crippen LogP) is 1.52. The van der Waals surface area contributed by atoms with E-state index in [-0.39, 0.29) is 11.4 Å². The molecule has 3 aromatic rings. The first-order valence-corrected chi connectivity index (χ1v) is 10.2. The summed E-state index contributed by atoms with van der Waals surface area (Å²) in [5, 5.41) is 43.5. The lowest BCUT2D eigenvalue weighted by atomic mass is 9.74. The van der Waals surface area contributed by atoms with Gasteiger partial charge in [0.15, 0.2) is 11.9 Å². The normalized spacial score (nSPS) is 16.0. The van der Waals surface area contributed by atoms with E-state index in [1.165, 1.54) is 54.3 Å². The molecule has 0 aliphatic heterocycles. The van der Waals surface area contributed by atoms with Crippen molar-refractivity contribution in [2.24, 2.45) is 5.73 Å². The number of aliphatic carboxylic acids is 2. The molecule has 36 heavy (non-hydrogen) atoms. The second-order valence-electron chi connectivity index (χ2n) is 7.88. The Morgan fingerprint density at radius 2 is 1.64 bits per heavy atom. The maximum absolute atomic E-state index is 12.3. The summed E-state index contributed by atoms with van der Waals surface area (Å²) in [7, 11) is 0. The first kappa shape index (κ1) is 26.6. The van der Waals surface area contributed by atoms with Crippen molar-refractivity contribution in [3.63, 3.8) is 0 Å². The number of carbonyl (C=O) groups is 2. The van der Waals surface area contributed by atoms with E-state index in [1.807, 2.05) is 0 Å². The highest BCUT2D eigenvalue weighted by molar-refractivity contribution is 5.88. The molecular weight excluding hydrogens is 489 g/mol. The van der Waals surface area contributed by atoms with Crippen molar-refractivity contribution in [2.45, 2.75) is 37.0 Å². The van der Waals surface area contributed by atoms with Crippen LogP contribution in [0.15, 0.2) is 54.9 Å². The van der Waals surface area contributed by atoms with Crippen LogP contribution in [0, 0.1) is 0 Å². The molecule has 4 atom stereocenters. The lowest BCUT2D eigenvalue weighted by molar-refractivity contribution is -0.274. The summed E-state index contributed by atoms with van der Waals surface area (Å²) >= 11 is 0. The Kier molecular flexibility index (Phi) is 7.33. The molecule has 0 saturated carbocycles. The average molecular weight is 510 g/mol. The van der Waals surface area contributed by atoms with Crippen LogP contribution in [-0.4, -0.2) is 71.2 Å². The summed E-state index contributed by atoms with van der Waals surface area (Å²) in [4.78, 5) is 27.2. The molecule has 11 nitrogen and oxygen atoms in total. The highest BCUT2D eigenvalue weighted by atomic mass is 19.4. The van der Waals surface area contributed by atoms with Crippen LogP contribution in [0.5, 0.6) is 5.75 Å². The third kappa shape index (κ3) is 5.45. The topological polar surface area (TPSA) is 181 Å². The van der Waals surface area contributed by atoms with Crippen LogP contribution in [0.3, 0.4) is 0 Å². The van der Waals surface area contributed by atoms with E-state index in [1.54, 1.807) is 0 Å². The number of aliphatic hydroxyl groups excluding tert-OH is 1. The van der Waals surface area contributed by atoms with E-state index < -0.39 is 47.7 Å². The number of nitrogens with zero attached hydrogens (tertiary/aromatic N) is 3. The molecule has 2 unspecified atom stereocenters. The zero-order chi connectivity index (χ0) is 26.8. The van der Waals surface area contributed by atoms with Gasteiger partial charge in [-0.05, 0) is 36.8 Å². The summed E-state index contributed by atoms with van der Waals surface area (Å²) in [5.74, 6) is -5.60. The molecule has 1 aromatic heterocycles. The molecule has 0 fully saturated rings. The Morgan fingerprint density at radius 3 is 2.11 bits per heavy atom. The van der Waals surface area contributed by atoms with Gasteiger partial charge in [-0.25, -0.2) is 19.3 Å². The lowest BCUT2D eigenvalue weighted by Crippen LogP contribution is -2.60. The van der Waals surface area contributed by atoms with Crippen molar-refractivity contribution in [2.75, 3.05) is 0 Å². The van der Waals surface area contributed by atoms with Crippen LogP contribution < -0.4 is 10.5 Å². The van der Waals surface area contributed by atoms with E-state index in [0.29, 0.717) is 11.3 Å². The third-order valence-electron chi connectivity index (χ3n) is 5.35. The number of ether oxygens (including phenoxy) is 1. The molecular formula is C22H21F3N4O7. The first-order chi connectivity index (χ1) is 16.7. The molecule has 0 bridgehead atoms. The number of hydrogen-bond acceptors (Lipinski definition) is 8. The Balaban J connectivity index is 1.88. The molecule has 6 N–H and O–H groups in total. The van der Waals surface area contributed by atoms with Gasteiger partial charge in [0.25, 0.3) is 0 Å². The summed E-state index contributed by atoms with van der Waals surface area (Å²) in [5.41, 5.74) is 3.72. The Bertz CT molecular complexity index is 1230. The van der Waals surface area contributed by atoms with E-state index in [4.69, 9.17) is 10.8 Å². The summed E-state index contributed by atoms with van der Waals surface area (Å²) < 4.78 is 42.1. The first-order valence-electron chi connectivity index (χ1n) is 10.2. The number of carboxylic acid groups (broad SMARTS) is 2. The van der Waals surface area contributed by atoms with Crippen LogP contribution >= 0.6 is 0 Å². The lowest BCUT2D eigenvalue weighted by Gasteiger charge is -2.36. The van der Waals surface area contributed by atoms with Gasteiger partial charge < -0.3 is 30.9 Å². The summed E-state index contributed by atoms with van der Waals surface area (Å²) in [6.45, 7) is 1.36. The number of hydrogen-bond donors (Lipinski definition) is 5. The minimum absolute atomic E-state index is 0.138. The van der Waals surface area contributed by atoms with Gasteiger partial charge in [-0.15, -0.1) is 18.3 Å². The minimum Gasteiger partial charge on any atom is -0.479 e. The monoisotopic (exact) mass is 510 g/mol. The Labute approximate surface area is 201 Å². The van der Waals surface area contributed by atoms with Gasteiger partial charge in [0.1, 0.15) is 12.1 Å². The van der Waals surface area contributed by atoms with Gasteiger partial charge in [-0.1, -0.05) is 24.3 Å². The van der Waals surface area contributed by atoms with E-state index in [9.17, 15) is 38.1 Å². The molecule has 2 aromatic carbocycles. The van der Waals surface area contributed by atoms with Gasteiger partial charge in [0.2, 0.25) is 5.60 Å². The number of aromatic nitrogens is 3. The van der Waals surface area contributed by atoms with E-state index in [0.717, 1.165) is 12.1 Å². The number of aliphatic hydroxyl groups is 2. The second kappa shape index (κ2) is 9.93. The van der Waals surface area contributed by atoms with E-state index >= 15 is 0 Å². The SMILES string of the molecule is CC(N)C(c1ccc(-c2ncn(-c3ccc(OC(F)(F)F)cc3)n2)cc1)[C@](O)(C(=O)O)[C@@H](O)C(=O)O. The number of carboxylic acids is 2. The Morgan fingerprint density at radius 1 is 1.06 bits per heavy atom. The average Bonchev–Trinajstić information content (AvgIpc) is 3.28. The van der Waals surface area contributed by atoms with Crippen LogP contribution in [0.1, 0.15) is 18.4 Å². The highest BCUT2D eigenvalue weighted by Crippen LogP contribution is 2.35. The Hall–Kier alpha value is -4.01. The molecule has 192 valence electrons. The molecule has 14 heteroatoms. The fourth-order valence-corrected chi connectivity index (χ4v) is 3.73. The van der Waals surface area contributed by atoms with E-state index in [2.05, 4.69) is 14.8 Å². The van der Waals surface area contributed by atoms with Crippen LogP contribution in [0.25, 0.3) is 17.1 Å². The molecule has 1 heterocycles.